The molecule has 0 aliphatic carbocycles. The second-order valence-corrected chi connectivity index (χ2v) is 6.58. The molecule has 8 heteroatoms. The minimum Gasteiger partial charge on any atom is -0.451 e. The third-order valence-corrected chi connectivity index (χ3v) is 4.49. The second kappa shape index (κ2) is 8.55. The van der Waals surface area contributed by atoms with Crippen molar-refractivity contribution in [1.29, 1.82) is 0 Å². The minimum atomic E-state index is -1.14. The quantitative estimate of drug-likeness (QED) is 0.530. The number of hydrogen-bond acceptors (Lipinski definition) is 4. The Kier molecular flexibility index (Phi) is 5.92. The van der Waals surface area contributed by atoms with E-state index in [1.807, 2.05) is 24.3 Å². The van der Waals surface area contributed by atoms with Crippen molar-refractivity contribution in [1.82, 2.24) is 10.3 Å². The third-order valence-electron chi connectivity index (χ3n) is 4.49. The predicted molar refractivity (Wildman–Crippen MR) is 104 cm³/mol. The molecular weight excluding hydrogens is 377 g/mol. The maximum Gasteiger partial charge on any atom is 0.329 e. The van der Waals surface area contributed by atoms with Crippen molar-refractivity contribution in [3.05, 3.63) is 71.7 Å². The molecule has 0 unspecified atom stereocenters. The van der Waals surface area contributed by atoms with Crippen molar-refractivity contribution < 1.29 is 23.5 Å². The largest absolute Gasteiger partial charge is 0.451 e. The number of nitrogens with one attached hydrogen (secondary N) is 2. The molecule has 2 amide bonds. The number of para-hydroxylation sites is 1. The van der Waals surface area contributed by atoms with E-state index in [1.165, 1.54) is 19.1 Å². The smallest absolute Gasteiger partial charge is 0.329 e. The van der Waals surface area contributed by atoms with Gasteiger partial charge in [-0.3, -0.25) is 9.59 Å². The lowest BCUT2D eigenvalue weighted by molar-refractivity contribution is -0.155. The molecule has 2 atom stereocenters. The number of fused-ring (bicyclic) bond motifs is 1. The summed E-state index contributed by atoms with van der Waals surface area (Å²) in [6.07, 6.45) is 0.726. The summed E-state index contributed by atoms with van der Waals surface area (Å²) in [6.45, 7) is 1.35. The van der Waals surface area contributed by atoms with Crippen molar-refractivity contribution in [3.8, 4) is 0 Å². The van der Waals surface area contributed by atoms with Gasteiger partial charge in [0.05, 0.1) is 0 Å². The highest BCUT2D eigenvalue weighted by molar-refractivity contribution is 5.97. The molecule has 0 aliphatic heterocycles. The van der Waals surface area contributed by atoms with Crippen LogP contribution in [0.25, 0.3) is 10.9 Å². The molecule has 0 saturated heterocycles. The second-order valence-electron chi connectivity index (χ2n) is 6.58. The van der Waals surface area contributed by atoms with Gasteiger partial charge in [0.1, 0.15) is 11.9 Å². The highest BCUT2D eigenvalue weighted by atomic mass is 19.1. The molecule has 3 rings (SSSR count). The molecule has 7 nitrogen and oxygen atoms in total. The SMILES string of the molecule is C[C@@H](OC(=O)[C@H](Cc1c[nH]c2ccccc12)NC(=O)c1ccc(F)cc1)C(N)=O. The molecule has 3 aromatic rings. The molecule has 1 heterocycles. The zero-order chi connectivity index (χ0) is 21.0. The predicted octanol–water partition coefficient (Wildman–Crippen LogP) is 2.07. The summed E-state index contributed by atoms with van der Waals surface area (Å²) in [4.78, 5) is 39.5. The number of hydrogen-bond donors (Lipinski definition) is 3. The number of esters is 1. The summed E-state index contributed by atoms with van der Waals surface area (Å²) in [5.41, 5.74) is 7.01. The van der Waals surface area contributed by atoms with E-state index in [-0.39, 0.29) is 12.0 Å². The molecule has 1 aromatic heterocycles. The maximum absolute atomic E-state index is 13.1. The highest BCUT2D eigenvalue weighted by Crippen LogP contribution is 2.20. The molecular formula is C21H20FN3O4. The van der Waals surface area contributed by atoms with Crippen molar-refractivity contribution in [3.63, 3.8) is 0 Å². The van der Waals surface area contributed by atoms with Crippen LogP contribution in [-0.4, -0.2) is 34.9 Å². The average molecular weight is 397 g/mol. The molecule has 29 heavy (non-hydrogen) atoms. The number of ether oxygens (including phenoxy) is 1. The molecule has 0 bridgehead atoms. The number of carbonyl (C=O) groups excluding carboxylic acids is 3. The van der Waals surface area contributed by atoms with Crippen molar-refractivity contribution in [2.45, 2.75) is 25.5 Å². The van der Waals surface area contributed by atoms with Crippen LogP contribution >= 0.6 is 0 Å². The molecule has 2 aromatic carbocycles. The first-order chi connectivity index (χ1) is 13.8. The van der Waals surface area contributed by atoms with Crippen molar-refractivity contribution in [2.24, 2.45) is 5.73 Å². The van der Waals surface area contributed by atoms with Crippen LogP contribution in [0.2, 0.25) is 0 Å². The number of amides is 2. The summed E-state index contributed by atoms with van der Waals surface area (Å²) < 4.78 is 18.2. The lowest BCUT2D eigenvalue weighted by atomic mass is 10.0. The Morgan fingerprint density at radius 3 is 2.52 bits per heavy atom. The fraction of sp³-hybridized carbons (Fsp3) is 0.190. The van der Waals surface area contributed by atoms with Gasteiger partial charge < -0.3 is 20.8 Å². The Bertz CT molecular complexity index is 1050. The van der Waals surface area contributed by atoms with Gasteiger partial charge >= 0.3 is 5.97 Å². The van der Waals surface area contributed by atoms with Crippen LogP contribution in [0.3, 0.4) is 0 Å². The van der Waals surface area contributed by atoms with Crippen LogP contribution in [0.1, 0.15) is 22.8 Å². The van der Waals surface area contributed by atoms with Gasteiger partial charge in [-0.15, -0.1) is 0 Å². The number of carbonyl (C=O) groups is 3. The summed E-state index contributed by atoms with van der Waals surface area (Å²) in [5, 5.41) is 3.49. The topological polar surface area (TPSA) is 114 Å². The number of aromatic amines is 1. The number of primary amides is 1. The molecule has 150 valence electrons. The van der Waals surface area contributed by atoms with Crippen LogP contribution < -0.4 is 11.1 Å². The van der Waals surface area contributed by atoms with Gasteiger partial charge in [0.25, 0.3) is 11.8 Å². The zero-order valence-corrected chi connectivity index (χ0v) is 15.6. The Labute approximate surface area is 166 Å². The van der Waals surface area contributed by atoms with Crippen LogP contribution in [-0.2, 0) is 20.7 Å². The monoisotopic (exact) mass is 397 g/mol. The van der Waals surface area contributed by atoms with Gasteiger partial charge in [0.15, 0.2) is 6.10 Å². The fourth-order valence-electron chi connectivity index (χ4n) is 2.87. The molecule has 0 saturated carbocycles. The van der Waals surface area contributed by atoms with Crippen LogP contribution in [0.4, 0.5) is 4.39 Å². The first-order valence-electron chi connectivity index (χ1n) is 8.96. The van der Waals surface area contributed by atoms with Crippen molar-refractivity contribution >= 4 is 28.7 Å². The number of nitrogens with two attached hydrogens (primary N) is 1. The maximum atomic E-state index is 13.1. The van der Waals surface area contributed by atoms with E-state index in [0.29, 0.717) is 0 Å². The standard InChI is InChI=1S/C21H20FN3O4/c1-12(19(23)26)29-21(28)18(25-20(27)13-6-8-15(22)9-7-13)10-14-11-24-17-5-3-2-4-16(14)17/h2-9,11-12,18,24H,10H2,1H3,(H2,23,26)(H,25,27)/t12-,18+/m1/s1. The number of H-pyrrole nitrogens is 1. The van der Waals surface area contributed by atoms with Crippen LogP contribution in [0.5, 0.6) is 0 Å². The molecule has 0 fully saturated rings. The number of halogens is 1. The Balaban J connectivity index is 1.84. The summed E-state index contributed by atoms with van der Waals surface area (Å²) in [7, 11) is 0. The van der Waals surface area contributed by atoms with Crippen LogP contribution in [0, 0.1) is 5.82 Å². The summed E-state index contributed by atoms with van der Waals surface area (Å²) in [6, 6.07) is 11.4. The van der Waals surface area contributed by atoms with E-state index in [1.54, 1.807) is 6.20 Å². The first kappa shape index (κ1) is 20.1. The number of rotatable bonds is 7. The van der Waals surface area contributed by atoms with E-state index in [2.05, 4.69) is 10.3 Å². The average Bonchev–Trinajstić information content (AvgIpc) is 3.10. The third kappa shape index (κ3) is 4.78. The Morgan fingerprint density at radius 1 is 1.14 bits per heavy atom. The summed E-state index contributed by atoms with van der Waals surface area (Å²) >= 11 is 0. The van der Waals surface area contributed by atoms with Gasteiger partial charge in [0, 0.05) is 29.1 Å². The minimum absolute atomic E-state index is 0.126. The summed E-state index contributed by atoms with van der Waals surface area (Å²) in [5.74, 6) is -2.64. The van der Waals surface area contributed by atoms with Gasteiger partial charge in [-0.1, -0.05) is 18.2 Å². The van der Waals surface area contributed by atoms with E-state index in [9.17, 15) is 18.8 Å². The molecule has 0 radical (unpaired) electrons. The zero-order valence-electron chi connectivity index (χ0n) is 15.6. The molecule has 0 spiro atoms. The van der Waals surface area contributed by atoms with Crippen LogP contribution in [0.15, 0.2) is 54.7 Å². The molecule has 0 aliphatic rings. The Hall–Kier alpha value is -3.68. The van der Waals surface area contributed by atoms with Gasteiger partial charge in [0.2, 0.25) is 0 Å². The van der Waals surface area contributed by atoms with Gasteiger partial charge in [-0.05, 0) is 42.8 Å². The molecule has 4 N–H and O–H groups in total. The van der Waals surface area contributed by atoms with Gasteiger partial charge in [-0.2, -0.15) is 0 Å². The number of aromatic nitrogens is 1. The van der Waals surface area contributed by atoms with Gasteiger partial charge in [-0.25, -0.2) is 9.18 Å². The Morgan fingerprint density at radius 2 is 1.83 bits per heavy atom. The lowest BCUT2D eigenvalue weighted by Gasteiger charge is -2.19. The first-order valence-corrected chi connectivity index (χ1v) is 8.96. The van der Waals surface area contributed by atoms with E-state index in [4.69, 9.17) is 10.5 Å². The van der Waals surface area contributed by atoms with E-state index in [0.717, 1.165) is 28.6 Å². The van der Waals surface area contributed by atoms with Crippen molar-refractivity contribution in [2.75, 3.05) is 0 Å². The highest BCUT2D eigenvalue weighted by Gasteiger charge is 2.27. The number of benzene rings is 2. The van der Waals surface area contributed by atoms with E-state index >= 15 is 0 Å². The fourth-order valence-corrected chi connectivity index (χ4v) is 2.87. The normalized spacial score (nSPS) is 12.9. The van der Waals surface area contributed by atoms with E-state index < -0.39 is 35.7 Å². The lowest BCUT2D eigenvalue weighted by Crippen LogP contribution is -2.45.